The molecule has 1 fully saturated rings. The Labute approximate surface area is 153 Å². The Bertz CT molecular complexity index is 782. The van der Waals surface area contributed by atoms with Gasteiger partial charge in [-0.2, -0.15) is 0 Å². The summed E-state index contributed by atoms with van der Waals surface area (Å²) in [6.07, 6.45) is -0.167. The SMILES string of the molecule is O=S(=O)(NC[C@H]1CN(Cc2ccccc2)CCO1)c1ccc(Cl)cc1. The first-order chi connectivity index (χ1) is 12.0. The van der Waals surface area contributed by atoms with E-state index >= 15 is 0 Å². The number of hydrogen-bond acceptors (Lipinski definition) is 4. The molecule has 2 aromatic carbocycles. The van der Waals surface area contributed by atoms with Crippen LogP contribution in [0.4, 0.5) is 0 Å². The van der Waals surface area contributed by atoms with E-state index in [0.29, 0.717) is 18.2 Å². The fraction of sp³-hybridized carbons (Fsp3) is 0.333. The average molecular weight is 381 g/mol. The number of ether oxygens (including phenoxy) is 1. The monoisotopic (exact) mass is 380 g/mol. The van der Waals surface area contributed by atoms with Gasteiger partial charge in [0.25, 0.3) is 0 Å². The fourth-order valence-corrected chi connectivity index (χ4v) is 3.98. The molecular formula is C18H21ClN2O3S. The number of sulfonamides is 1. The van der Waals surface area contributed by atoms with Gasteiger partial charge in [-0.1, -0.05) is 41.9 Å². The first-order valence-electron chi connectivity index (χ1n) is 8.16. The predicted molar refractivity (Wildman–Crippen MR) is 98.1 cm³/mol. The molecule has 2 aromatic rings. The van der Waals surface area contributed by atoms with Crippen molar-refractivity contribution in [3.63, 3.8) is 0 Å². The number of rotatable bonds is 6. The van der Waals surface area contributed by atoms with Crippen LogP contribution in [0.2, 0.25) is 5.02 Å². The quantitative estimate of drug-likeness (QED) is 0.836. The highest BCUT2D eigenvalue weighted by atomic mass is 35.5. The van der Waals surface area contributed by atoms with Crippen LogP contribution in [0.1, 0.15) is 5.56 Å². The van der Waals surface area contributed by atoms with Crippen LogP contribution in [-0.2, 0) is 21.3 Å². The van der Waals surface area contributed by atoms with Crippen LogP contribution in [0.25, 0.3) is 0 Å². The van der Waals surface area contributed by atoms with Gasteiger partial charge in [0, 0.05) is 31.2 Å². The molecule has 0 radical (unpaired) electrons. The van der Waals surface area contributed by atoms with Crippen molar-refractivity contribution in [1.29, 1.82) is 0 Å². The maximum atomic E-state index is 12.3. The third kappa shape index (κ3) is 5.26. The van der Waals surface area contributed by atoms with Crippen LogP contribution in [0.5, 0.6) is 0 Å². The molecule has 1 aliphatic heterocycles. The number of nitrogens with one attached hydrogen (secondary N) is 1. The van der Waals surface area contributed by atoms with Crippen molar-refractivity contribution < 1.29 is 13.2 Å². The van der Waals surface area contributed by atoms with E-state index in [0.717, 1.165) is 13.1 Å². The molecule has 1 aliphatic rings. The molecule has 0 bridgehead atoms. The largest absolute Gasteiger partial charge is 0.374 e. The summed E-state index contributed by atoms with van der Waals surface area (Å²) in [6, 6.07) is 16.3. The molecule has 0 aliphatic carbocycles. The third-order valence-corrected chi connectivity index (χ3v) is 5.79. The molecule has 0 unspecified atom stereocenters. The molecule has 1 atom stereocenters. The van der Waals surface area contributed by atoms with Crippen molar-refractivity contribution in [3.05, 3.63) is 65.2 Å². The van der Waals surface area contributed by atoms with E-state index in [1.165, 1.54) is 17.7 Å². The van der Waals surface area contributed by atoms with Gasteiger partial charge in [-0.3, -0.25) is 4.90 Å². The van der Waals surface area contributed by atoms with Gasteiger partial charge >= 0.3 is 0 Å². The molecule has 0 amide bonds. The van der Waals surface area contributed by atoms with Crippen molar-refractivity contribution in [3.8, 4) is 0 Å². The van der Waals surface area contributed by atoms with Crippen molar-refractivity contribution in [2.24, 2.45) is 0 Å². The van der Waals surface area contributed by atoms with Gasteiger partial charge in [0.15, 0.2) is 0 Å². The summed E-state index contributed by atoms with van der Waals surface area (Å²) in [4.78, 5) is 2.48. The molecule has 3 rings (SSSR count). The standard InChI is InChI=1S/C18H21ClN2O3S/c19-16-6-8-18(9-7-16)25(22,23)20-12-17-14-21(10-11-24-17)13-15-4-2-1-3-5-15/h1-9,17,20H,10-14H2/t17-/m0/s1. The number of halogens is 1. The summed E-state index contributed by atoms with van der Waals surface area (Å²) < 4.78 is 33.0. The van der Waals surface area contributed by atoms with Crippen molar-refractivity contribution in [1.82, 2.24) is 9.62 Å². The lowest BCUT2D eigenvalue weighted by atomic mass is 10.2. The minimum atomic E-state index is -3.56. The lowest BCUT2D eigenvalue weighted by Crippen LogP contribution is -2.47. The second kappa shape index (κ2) is 8.29. The second-order valence-electron chi connectivity index (χ2n) is 6.02. The Morgan fingerprint density at radius 2 is 1.84 bits per heavy atom. The van der Waals surface area contributed by atoms with Crippen LogP contribution in [0, 0.1) is 0 Å². The van der Waals surface area contributed by atoms with E-state index in [4.69, 9.17) is 16.3 Å². The van der Waals surface area contributed by atoms with Gasteiger partial charge in [-0.25, -0.2) is 13.1 Å². The highest BCUT2D eigenvalue weighted by Crippen LogP contribution is 2.15. The topological polar surface area (TPSA) is 58.6 Å². The van der Waals surface area contributed by atoms with Crippen LogP contribution >= 0.6 is 11.6 Å². The fourth-order valence-electron chi connectivity index (χ4n) is 2.79. The van der Waals surface area contributed by atoms with Crippen LogP contribution in [0.15, 0.2) is 59.5 Å². The van der Waals surface area contributed by atoms with Crippen LogP contribution in [-0.4, -0.2) is 45.7 Å². The van der Waals surface area contributed by atoms with E-state index in [2.05, 4.69) is 21.8 Å². The van der Waals surface area contributed by atoms with Crippen molar-refractivity contribution in [2.75, 3.05) is 26.2 Å². The third-order valence-electron chi connectivity index (χ3n) is 4.10. The summed E-state index contributed by atoms with van der Waals surface area (Å²) in [5.74, 6) is 0. The first-order valence-corrected chi connectivity index (χ1v) is 10.0. The molecule has 0 saturated carbocycles. The van der Waals surface area contributed by atoms with E-state index < -0.39 is 10.0 Å². The summed E-state index contributed by atoms with van der Waals surface area (Å²) in [5.41, 5.74) is 1.24. The maximum Gasteiger partial charge on any atom is 0.240 e. The van der Waals surface area contributed by atoms with Crippen LogP contribution < -0.4 is 4.72 Å². The van der Waals surface area contributed by atoms with E-state index in [9.17, 15) is 8.42 Å². The summed E-state index contributed by atoms with van der Waals surface area (Å²) in [5, 5.41) is 0.506. The smallest absolute Gasteiger partial charge is 0.240 e. The minimum Gasteiger partial charge on any atom is -0.374 e. The average Bonchev–Trinajstić information content (AvgIpc) is 2.62. The Hall–Kier alpha value is -1.44. The Balaban J connectivity index is 1.55. The van der Waals surface area contributed by atoms with Gasteiger partial charge in [-0.15, -0.1) is 0 Å². The molecule has 1 saturated heterocycles. The van der Waals surface area contributed by atoms with E-state index in [1.54, 1.807) is 12.1 Å². The lowest BCUT2D eigenvalue weighted by molar-refractivity contribution is -0.0276. The highest BCUT2D eigenvalue weighted by Gasteiger charge is 2.23. The molecular weight excluding hydrogens is 360 g/mol. The summed E-state index contributed by atoms with van der Waals surface area (Å²) in [7, 11) is -3.56. The Morgan fingerprint density at radius 3 is 2.56 bits per heavy atom. The number of nitrogens with zero attached hydrogens (tertiary/aromatic N) is 1. The number of morpholine rings is 1. The lowest BCUT2D eigenvalue weighted by Gasteiger charge is -2.33. The zero-order chi connectivity index (χ0) is 17.7. The molecule has 1 heterocycles. The molecule has 7 heteroatoms. The molecule has 134 valence electrons. The van der Waals surface area contributed by atoms with Gasteiger partial charge in [0.1, 0.15) is 0 Å². The van der Waals surface area contributed by atoms with Gasteiger partial charge in [0.05, 0.1) is 17.6 Å². The number of hydrogen-bond donors (Lipinski definition) is 1. The zero-order valence-corrected chi connectivity index (χ0v) is 15.3. The second-order valence-corrected chi connectivity index (χ2v) is 8.22. The van der Waals surface area contributed by atoms with Crippen molar-refractivity contribution in [2.45, 2.75) is 17.5 Å². The number of benzene rings is 2. The Kier molecular flexibility index (Phi) is 6.09. The molecule has 0 aromatic heterocycles. The summed E-state index contributed by atoms with van der Waals surface area (Å²) in [6.45, 7) is 3.22. The van der Waals surface area contributed by atoms with Gasteiger partial charge in [-0.05, 0) is 29.8 Å². The van der Waals surface area contributed by atoms with E-state index in [-0.39, 0.29) is 17.5 Å². The molecule has 25 heavy (non-hydrogen) atoms. The zero-order valence-electron chi connectivity index (χ0n) is 13.8. The van der Waals surface area contributed by atoms with Crippen LogP contribution in [0.3, 0.4) is 0 Å². The molecule has 1 N–H and O–H groups in total. The highest BCUT2D eigenvalue weighted by molar-refractivity contribution is 7.89. The predicted octanol–water partition coefficient (Wildman–Crippen LogP) is 2.52. The van der Waals surface area contributed by atoms with Crippen molar-refractivity contribution >= 4 is 21.6 Å². The van der Waals surface area contributed by atoms with Gasteiger partial charge < -0.3 is 4.74 Å². The first kappa shape index (κ1) is 18.4. The van der Waals surface area contributed by atoms with E-state index in [1.807, 2.05) is 18.2 Å². The molecule has 0 spiro atoms. The normalized spacial score (nSPS) is 19.0. The van der Waals surface area contributed by atoms with Gasteiger partial charge in [0.2, 0.25) is 10.0 Å². The maximum absolute atomic E-state index is 12.3. The molecule has 5 nitrogen and oxygen atoms in total. The Morgan fingerprint density at radius 1 is 1.12 bits per heavy atom. The summed E-state index contributed by atoms with van der Waals surface area (Å²) >= 11 is 5.80. The minimum absolute atomic E-state index is 0.167.